The predicted octanol–water partition coefficient (Wildman–Crippen LogP) is 3.62. The number of rotatable bonds is 6. The van der Waals surface area contributed by atoms with Crippen molar-refractivity contribution in [1.29, 1.82) is 0 Å². The van der Waals surface area contributed by atoms with Crippen LogP contribution < -0.4 is 5.32 Å². The average molecular weight is 413 g/mol. The van der Waals surface area contributed by atoms with Crippen LogP contribution in [-0.2, 0) is 0 Å². The Morgan fingerprint density at radius 2 is 1.86 bits per heavy atom. The van der Waals surface area contributed by atoms with E-state index in [1.807, 2.05) is 0 Å². The van der Waals surface area contributed by atoms with E-state index >= 15 is 0 Å². The Morgan fingerprint density at radius 1 is 1.00 bits per heavy atom. The second-order valence-electron chi connectivity index (χ2n) is 5.37. The van der Waals surface area contributed by atoms with Gasteiger partial charge >= 0.3 is 0 Å². The van der Waals surface area contributed by atoms with Gasteiger partial charge in [-0.05, 0) is 48.2 Å². The van der Waals surface area contributed by atoms with Gasteiger partial charge in [0.25, 0.3) is 5.91 Å². The molecule has 0 bridgehead atoms. The van der Waals surface area contributed by atoms with Gasteiger partial charge in [-0.15, -0.1) is 0 Å². The summed E-state index contributed by atoms with van der Waals surface area (Å²) in [6.45, 7) is 0. The molecule has 8 nitrogen and oxygen atoms in total. The molecule has 4 aromatic rings. The monoisotopic (exact) mass is 413 g/mol. The molecule has 11 heteroatoms. The van der Waals surface area contributed by atoms with Crippen LogP contribution in [0.4, 0.5) is 10.2 Å². The average Bonchev–Trinajstić information content (AvgIpc) is 3.39. The van der Waals surface area contributed by atoms with Crippen LogP contribution in [0.1, 0.15) is 10.5 Å². The number of pyridine rings is 1. The molecular formula is C17H12FN7OS2. The second kappa shape index (κ2) is 8.23. The highest BCUT2D eigenvalue weighted by Gasteiger charge is 2.17. The van der Waals surface area contributed by atoms with Gasteiger partial charge in [0.2, 0.25) is 0 Å². The third-order valence-corrected chi connectivity index (χ3v) is 5.32. The Morgan fingerprint density at radius 3 is 2.57 bits per heavy atom. The number of halogens is 1. The largest absolute Gasteiger partial charge is 0.306 e. The van der Waals surface area contributed by atoms with E-state index in [0.717, 1.165) is 4.90 Å². The van der Waals surface area contributed by atoms with Crippen LogP contribution in [0.15, 0.2) is 75.0 Å². The Bertz CT molecular complexity index is 1070. The molecule has 0 atom stereocenters. The van der Waals surface area contributed by atoms with Crippen molar-refractivity contribution in [3.8, 4) is 0 Å². The summed E-state index contributed by atoms with van der Waals surface area (Å²) >= 11 is 2.57. The van der Waals surface area contributed by atoms with Crippen molar-refractivity contribution in [3.05, 3.63) is 66.5 Å². The highest BCUT2D eigenvalue weighted by atomic mass is 32.2. The summed E-state index contributed by atoms with van der Waals surface area (Å²) in [6, 6.07) is 11.2. The lowest BCUT2D eigenvalue weighted by atomic mass is 10.3. The van der Waals surface area contributed by atoms with Gasteiger partial charge in [-0.3, -0.25) is 15.0 Å². The Labute approximate surface area is 166 Å². The normalized spacial score (nSPS) is 10.8. The van der Waals surface area contributed by atoms with Crippen LogP contribution in [0.5, 0.6) is 0 Å². The summed E-state index contributed by atoms with van der Waals surface area (Å²) < 4.78 is 13.2. The van der Waals surface area contributed by atoms with Crippen molar-refractivity contribution in [1.82, 2.24) is 30.4 Å². The molecule has 140 valence electrons. The van der Waals surface area contributed by atoms with Gasteiger partial charge in [-0.25, -0.2) is 14.4 Å². The number of benzene rings is 1. The lowest BCUT2D eigenvalue weighted by molar-refractivity contribution is 0.101. The number of aromatic amines is 2. The fourth-order valence-electron chi connectivity index (χ4n) is 2.21. The highest BCUT2D eigenvalue weighted by molar-refractivity contribution is 7.99. The first-order chi connectivity index (χ1) is 13.7. The zero-order valence-electron chi connectivity index (χ0n) is 14.1. The predicted molar refractivity (Wildman–Crippen MR) is 102 cm³/mol. The van der Waals surface area contributed by atoms with Gasteiger partial charge in [0.15, 0.2) is 5.16 Å². The molecule has 1 amide bonds. The number of amides is 1. The molecule has 1 aromatic carbocycles. The first kappa shape index (κ1) is 18.2. The number of carbonyl (C=O) groups excluding carboxylic acids is 1. The first-order valence-corrected chi connectivity index (χ1v) is 9.59. The van der Waals surface area contributed by atoms with E-state index in [-0.39, 0.29) is 11.5 Å². The smallest absolute Gasteiger partial charge is 0.276 e. The van der Waals surface area contributed by atoms with E-state index in [2.05, 4.69) is 35.7 Å². The summed E-state index contributed by atoms with van der Waals surface area (Å²) in [5.41, 5.74) is 0.230. The Balaban J connectivity index is 1.64. The van der Waals surface area contributed by atoms with Gasteiger partial charge in [0.1, 0.15) is 28.7 Å². The van der Waals surface area contributed by atoms with Crippen molar-refractivity contribution in [2.45, 2.75) is 20.0 Å². The quantitative estimate of drug-likeness (QED) is 0.443. The molecule has 4 rings (SSSR count). The van der Waals surface area contributed by atoms with E-state index in [0.29, 0.717) is 20.9 Å². The standard InChI is InChI=1S/C17H12FN7OS2/c18-10-1-3-11(4-2-10)27-12-5-6-14(28-17-19-9-21-25-17)23-15(12)16(26)22-13-7-8-20-24-13/h1-9H,(H,19,21,25)(H2,20,22,24,26). The van der Waals surface area contributed by atoms with Crippen molar-refractivity contribution in [2.75, 3.05) is 5.32 Å². The van der Waals surface area contributed by atoms with Gasteiger partial charge < -0.3 is 5.32 Å². The first-order valence-electron chi connectivity index (χ1n) is 7.96. The van der Waals surface area contributed by atoms with Crippen LogP contribution >= 0.6 is 23.5 Å². The highest BCUT2D eigenvalue weighted by Crippen LogP contribution is 2.32. The van der Waals surface area contributed by atoms with Crippen molar-refractivity contribution in [3.63, 3.8) is 0 Å². The van der Waals surface area contributed by atoms with E-state index in [4.69, 9.17) is 0 Å². The molecule has 0 spiro atoms. The summed E-state index contributed by atoms with van der Waals surface area (Å²) in [5.74, 6) is -0.259. The SMILES string of the molecule is O=C(Nc1ccn[nH]1)c1nc(Sc2ncn[nH]2)ccc1Sc1ccc(F)cc1. The van der Waals surface area contributed by atoms with Gasteiger partial charge in [0, 0.05) is 15.9 Å². The van der Waals surface area contributed by atoms with Crippen LogP contribution in [0.2, 0.25) is 0 Å². The summed E-state index contributed by atoms with van der Waals surface area (Å²) in [6.07, 6.45) is 2.93. The molecule has 0 radical (unpaired) electrons. The van der Waals surface area contributed by atoms with E-state index in [1.54, 1.807) is 30.3 Å². The Hall–Kier alpha value is -3.18. The third kappa shape index (κ3) is 4.38. The molecule has 0 fully saturated rings. The van der Waals surface area contributed by atoms with E-state index in [9.17, 15) is 9.18 Å². The lowest BCUT2D eigenvalue weighted by Crippen LogP contribution is -2.15. The molecule has 0 aliphatic carbocycles. The molecule has 3 heterocycles. The van der Waals surface area contributed by atoms with Crippen molar-refractivity contribution < 1.29 is 9.18 Å². The number of aromatic nitrogens is 6. The fraction of sp³-hybridized carbons (Fsp3) is 0. The van der Waals surface area contributed by atoms with Crippen LogP contribution in [0.3, 0.4) is 0 Å². The topological polar surface area (TPSA) is 112 Å². The maximum atomic E-state index is 13.2. The maximum Gasteiger partial charge on any atom is 0.276 e. The molecule has 0 saturated carbocycles. The minimum atomic E-state index is -0.395. The molecule has 0 unspecified atom stereocenters. The molecule has 0 saturated heterocycles. The van der Waals surface area contributed by atoms with Gasteiger partial charge in [-0.2, -0.15) is 10.2 Å². The second-order valence-corrected chi connectivity index (χ2v) is 7.49. The van der Waals surface area contributed by atoms with Crippen molar-refractivity contribution in [2.24, 2.45) is 0 Å². The van der Waals surface area contributed by atoms with Gasteiger partial charge in [0.05, 0.1) is 6.20 Å². The fourth-order valence-corrected chi connectivity index (χ4v) is 3.78. The van der Waals surface area contributed by atoms with Crippen LogP contribution in [-0.4, -0.2) is 36.3 Å². The number of H-pyrrole nitrogens is 2. The van der Waals surface area contributed by atoms with E-state index < -0.39 is 5.91 Å². The third-order valence-electron chi connectivity index (χ3n) is 3.43. The molecule has 28 heavy (non-hydrogen) atoms. The van der Waals surface area contributed by atoms with Crippen molar-refractivity contribution >= 4 is 35.2 Å². The summed E-state index contributed by atoms with van der Waals surface area (Å²) in [4.78, 5) is 22.7. The number of nitrogens with zero attached hydrogens (tertiary/aromatic N) is 4. The molecule has 0 aliphatic heterocycles. The van der Waals surface area contributed by atoms with Crippen LogP contribution in [0, 0.1) is 5.82 Å². The number of carbonyl (C=O) groups is 1. The summed E-state index contributed by atoms with van der Waals surface area (Å²) in [7, 11) is 0. The molecular weight excluding hydrogens is 401 g/mol. The van der Waals surface area contributed by atoms with Gasteiger partial charge in [-0.1, -0.05) is 11.8 Å². The maximum absolute atomic E-state index is 13.2. The molecule has 0 aliphatic rings. The number of hydrogen-bond donors (Lipinski definition) is 3. The minimum absolute atomic E-state index is 0.230. The minimum Gasteiger partial charge on any atom is -0.306 e. The summed E-state index contributed by atoms with van der Waals surface area (Å²) in [5, 5.41) is 16.9. The van der Waals surface area contributed by atoms with E-state index in [1.165, 1.54) is 48.2 Å². The number of anilines is 1. The molecule has 3 aromatic heterocycles. The Kier molecular flexibility index (Phi) is 5.35. The molecule has 3 N–H and O–H groups in total. The van der Waals surface area contributed by atoms with Crippen LogP contribution in [0.25, 0.3) is 0 Å². The number of nitrogens with one attached hydrogen (secondary N) is 3. The zero-order valence-corrected chi connectivity index (χ0v) is 15.7. The lowest BCUT2D eigenvalue weighted by Gasteiger charge is -2.10. The number of hydrogen-bond acceptors (Lipinski definition) is 7. The zero-order chi connectivity index (χ0) is 19.3.